The topological polar surface area (TPSA) is 66.6 Å². The van der Waals surface area contributed by atoms with Crippen molar-refractivity contribution < 1.29 is 9.59 Å². The van der Waals surface area contributed by atoms with Gasteiger partial charge in [-0.2, -0.15) is 11.3 Å². The average Bonchev–Trinajstić information content (AvgIpc) is 2.90. The van der Waals surface area contributed by atoms with Gasteiger partial charge in [-0.1, -0.05) is 13.3 Å². The van der Waals surface area contributed by atoms with Gasteiger partial charge in [-0.05, 0) is 24.3 Å². The van der Waals surface area contributed by atoms with E-state index in [-0.39, 0.29) is 24.2 Å². The Bertz CT molecular complexity index is 481. The summed E-state index contributed by atoms with van der Waals surface area (Å²) in [6.07, 6.45) is 2.43. The highest BCUT2D eigenvalue weighted by Gasteiger charge is 2.25. The number of carbonyl (C=O) groups excluding carboxylic acids is 2. The average molecular weight is 346 g/mol. The third kappa shape index (κ3) is 4.69. The lowest BCUT2D eigenvalue weighted by Gasteiger charge is -2.24. The van der Waals surface area contributed by atoms with Crippen LogP contribution in [0.1, 0.15) is 36.5 Å². The van der Waals surface area contributed by atoms with Gasteiger partial charge in [0.2, 0.25) is 5.91 Å². The molecule has 2 amide bonds. The summed E-state index contributed by atoms with van der Waals surface area (Å²) < 4.78 is 0. The molecule has 0 aliphatic carbocycles. The van der Waals surface area contributed by atoms with Crippen LogP contribution in [0.5, 0.6) is 0 Å². The van der Waals surface area contributed by atoms with Gasteiger partial charge in [-0.3, -0.25) is 9.59 Å². The van der Waals surface area contributed by atoms with Crippen LogP contribution >= 0.6 is 23.7 Å². The lowest BCUT2D eigenvalue weighted by Crippen LogP contribution is -2.45. The highest BCUT2D eigenvalue weighted by molar-refractivity contribution is 7.08. The molecule has 124 valence electrons. The van der Waals surface area contributed by atoms with Gasteiger partial charge >= 0.3 is 0 Å². The molecule has 1 fully saturated rings. The minimum Gasteiger partial charge on any atom is -0.340 e. The lowest BCUT2D eigenvalue weighted by molar-refractivity contribution is -0.132. The molecule has 0 radical (unpaired) electrons. The number of hydrogen-bond acceptors (Lipinski definition) is 4. The van der Waals surface area contributed by atoms with Crippen LogP contribution in [0.15, 0.2) is 16.8 Å². The summed E-state index contributed by atoms with van der Waals surface area (Å²) in [5, 5.41) is 3.78. The van der Waals surface area contributed by atoms with Crippen molar-refractivity contribution in [3.8, 4) is 0 Å². The molecule has 2 rings (SSSR count). The van der Waals surface area contributed by atoms with Crippen molar-refractivity contribution >= 4 is 35.6 Å². The highest BCUT2D eigenvalue weighted by Crippen LogP contribution is 2.13. The first kappa shape index (κ1) is 18.9. The van der Waals surface area contributed by atoms with Crippen molar-refractivity contribution in [1.82, 2.24) is 9.80 Å². The summed E-state index contributed by atoms with van der Waals surface area (Å²) in [6.45, 7) is 4.56. The standard InChI is InChI=1S/C15H23N3O2S.ClH/c1-2-4-13(16)15(20)18-7-3-6-17(8-9-18)14(19)12-5-10-21-11-12;/h5,10-11,13H,2-4,6-9,16H2,1H3;1H. The van der Waals surface area contributed by atoms with Crippen molar-refractivity contribution in [3.63, 3.8) is 0 Å². The second-order valence-corrected chi connectivity index (χ2v) is 6.16. The van der Waals surface area contributed by atoms with E-state index in [4.69, 9.17) is 5.73 Å². The van der Waals surface area contributed by atoms with E-state index in [1.54, 1.807) is 4.90 Å². The first-order chi connectivity index (χ1) is 10.1. The molecule has 1 aliphatic heterocycles. The Morgan fingerprint density at radius 1 is 1.27 bits per heavy atom. The van der Waals surface area contributed by atoms with Crippen molar-refractivity contribution in [2.45, 2.75) is 32.2 Å². The molecule has 22 heavy (non-hydrogen) atoms. The summed E-state index contributed by atoms with van der Waals surface area (Å²) in [4.78, 5) is 28.2. The fraction of sp³-hybridized carbons (Fsp3) is 0.600. The molecule has 0 bridgehead atoms. The van der Waals surface area contributed by atoms with Gasteiger partial charge in [-0.25, -0.2) is 0 Å². The van der Waals surface area contributed by atoms with Gasteiger partial charge in [-0.15, -0.1) is 12.4 Å². The lowest BCUT2D eigenvalue weighted by atomic mass is 10.1. The molecule has 0 aromatic carbocycles. The fourth-order valence-electron chi connectivity index (χ4n) is 2.58. The summed E-state index contributed by atoms with van der Waals surface area (Å²) in [7, 11) is 0. The van der Waals surface area contributed by atoms with Crippen LogP contribution in [0.25, 0.3) is 0 Å². The molecule has 1 aromatic heterocycles. The third-order valence-corrected chi connectivity index (χ3v) is 4.46. The van der Waals surface area contributed by atoms with E-state index in [0.29, 0.717) is 32.6 Å². The van der Waals surface area contributed by atoms with Crippen LogP contribution < -0.4 is 5.73 Å². The monoisotopic (exact) mass is 345 g/mol. The van der Waals surface area contributed by atoms with Crippen LogP contribution in [0.2, 0.25) is 0 Å². The zero-order valence-corrected chi connectivity index (χ0v) is 14.5. The Labute approximate surface area is 141 Å². The van der Waals surface area contributed by atoms with Crippen LogP contribution in [0.3, 0.4) is 0 Å². The van der Waals surface area contributed by atoms with Crippen LogP contribution in [-0.2, 0) is 4.79 Å². The number of carbonyl (C=O) groups is 2. The number of hydrogen-bond donors (Lipinski definition) is 1. The molecular formula is C15H24ClN3O2S. The molecule has 2 N–H and O–H groups in total. The number of nitrogens with zero attached hydrogens (tertiary/aromatic N) is 2. The normalized spacial score (nSPS) is 16.6. The number of amides is 2. The third-order valence-electron chi connectivity index (χ3n) is 3.78. The zero-order chi connectivity index (χ0) is 15.2. The Hall–Kier alpha value is -1.11. The molecule has 1 aromatic rings. The van der Waals surface area contributed by atoms with E-state index < -0.39 is 6.04 Å². The van der Waals surface area contributed by atoms with E-state index in [0.717, 1.165) is 18.4 Å². The predicted molar refractivity (Wildman–Crippen MR) is 91.6 cm³/mol. The van der Waals surface area contributed by atoms with E-state index in [1.807, 2.05) is 28.7 Å². The van der Waals surface area contributed by atoms with Gasteiger partial charge in [0.05, 0.1) is 11.6 Å². The SMILES string of the molecule is CCCC(N)C(=O)N1CCCN(C(=O)c2ccsc2)CC1.Cl. The van der Waals surface area contributed by atoms with Crippen molar-refractivity contribution in [3.05, 3.63) is 22.4 Å². The maximum Gasteiger partial charge on any atom is 0.254 e. The number of rotatable bonds is 4. The molecule has 1 saturated heterocycles. The summed E-state index contributed by atoms with van der Waals surface area (Å²) >= 11 is 1.52. The molecule has 1 aliphatic rings. The Morgan fingerprint density at radius 3 is 2.59 bits per heavy atom. The maximum atomic E-state index is 12.3. The molecule has 0 saturated carbocycles. The molecule has 5 nitrogen and oxygen atoms in total. The molecule has 1 unspecified atom stereocenters. The second kappa shape index (κ2) is 9.12. The van der Waals surface area contributed by atoms with Crippen LogP contribution in [0.4, 0.5) is 0 Å². The van der Waals surface area contributed by atoms with Gasteiger partial charge in [0.25, 0.3) is 5.91 Å². The van der Waals surface area contributed by atoms with Crippen LogP contribution in [0, 0.1) is 0 Å². The Morgan fingerprint density at radius 2 is 1.95 bits per heavy atom. The zero-order valence-electron chi connectivity index (χ0n) is 12.9. The molecule has 2 heterocycles. The van der Waals surface area contributed by atoms with E-state index in [2.05, 4.69) is 0 Å². The summed E-state index contributed by atoms with van der Waals surface area (Å²) in [5.41, 5.74) is 6.65. The number of nitrogens with two attached hydrogens (primary N) is 1. The van der Waals surface area contributed by atoms with E-state index in [1.165, 1.54) is 11.3 Å². The summed E-state index contributed by atoms with van der Waals surface area (Å²) in [5.74, 6) is 0.0742. The number of thiophene rings is 1. The van der Waals surface area contributed by atoms with Gasteiger partial charge < -0.3 is 15.5 Å². The van der Waals surface area contributed by atoms with E-state index in [9.17, 15) is 9.59 Å². The number of halogens is 1. The fourth-order valence-corrected chi connectivity index (χ4v) is 3.21. The maximum absolute atomic E-state index is 12.3. The smallest absolute Gasteiger partial charge is 0.254 e. The second-order valence-electron chi connectivity index (χ2n) is 5.38. The largest absolute Gasteiger partial charge is 0.340 e. The first-order valence-electron chi connectivity index (χ1n) is 7.49. The minimum absolute atomic E-state index is 0. The molecule has 1 atom stereocenters. The Kier molecular flexibility index (Phi) is 7.85. The van der Waals surface area contributed by atoms with Gasteiger partial charge in [0.15, 0.2) is 0 Å². The summed E-state index contributed by atoms with van der Waals surface area (Å²) in [6, 6.07) is 1.44. The van der Waals surface area contributed by atoms with Crippen LogP contribution in [-0.4, -0.2) is 53.8 Å². The van der Waals surface area contributed by atoms with Crippen molar-refractivity contribution in [2.24, 2.45) is 5.73 Å². The molecular weight excluding hydrogens is 322 g/mol. The molecule has 0 spiro atoms. The minimum atomic E-state index is -0.408. The van der Waals surface area contributed by atoms with Crippen molar-refractivity contribution in [1.29, 1.82) is 0 Å². The first-order valence-corrected chi connectivity index (χ1v) is 8.43. The van der Waals surface area contributed by atoms with E-state index >= 15 is 0 Å². The van der Waals surface area contributed by atoms with Gasteiger partial charge in [0.1, 0.15) is 0 Å². The van der Waals surface area contributed by atoms with Gasteiger partial charge in [0, 0.05) is 31.6 Å². The van der Waals surface area contributed by atoms with Crippen molar-refractivity contribution in [2.75, 3.05) is 26.2 Å². The molecule has 7 heteroatoms. The highest BCUT2D eigenvalue weighted by atomic mass is 35.5. The Balaban J connectivity index is 0.00000242. The quantitative estimate of drug-likeness (QED) is 0.907. The predicted octanol–water partition coefficient (Wildman–Crippen LogP) is 1.97.